The Kier molecular flexibility index (Phi) is 8.01. The second-order valence-electron chi connectivity index (χ2n) is 8.90. The SMILES string of the molecule is Cc1ccc(S(=O)(=O)Oc2cccc(/C=N\Nc3cc(N4CCOCC4)nc(N4CCOCC4)n3)c2)cc1. The van der Waals surface area contributed by atoms with E-state index < -0.39 is 10.1 Å². The maximum absolute atomic E-state index is 12.6. The van der Waals surface area contributed by atoms with E-state index in [2.05, 4.69) is 25.3 Å². The largest absolute Gasteiger partial charge is 0.379 e. The van der Waals surface area contributed by atoms with Crippen molar-refractivity contribution in [3.63, 3.8) is 0 Å². The monoisotopic (exact) mass is 538 g/mol. The Hall–Kier alpha value is -3.74. The van der Waals surface area contributed by atoms with Gasteiger partial charge in [-0.15, -0.1) is 0 Å². The fourth-order valence-corrected chi connectivity index (χ4v) is 4.96. The van der Waals surface area contributed by atoms with Gasteiger partial charge in [-0.1, -0.05) is 29.8 Å². The van der Waals surface area contributed by atoms with Gasteiger partial charge in [0.1, 0.15) is 16.5 Å². The maximum atomic E-state index is 12.6. The lowest BCUT2D eigenvalue weighted by Crippen LogP contribution is -2.39. The molecule has 0 bridgehead atoms. The molecule has 1 N–H and O–H groups in total. The quantitative estimate of drug-likeness (QED) is 0.260. The van der Waals surface area contributed by atoms with Gasteiger partial charge in [-0.05, 0) is 36.8 Å². The van der Waals surface area contributed by atoms with Gasteiger partial charge in [-0.3, -0.25) is 5.43 Å². The first kappa shape index (κ1) is 25.9. The number of nitrogens with zero attached hydrogens (tertiary/aromatic N) is 5. The van der Waals surface area contributed by atoms with Crippen molar-refractivity contribution in [3.05, 3.63) is 65.7 Å². The Morgan fingerprint density at radius 2 is 1.61 bits per heavy atom. The van der Waals surface area contributed by atoms with Crippen LogP contribution < -0.4 is 19.4 Å². The lowest BCUT2D eigenvalue weighted by atomic mass is 10.2. The van der Waals surface area contributed by atoms with Crippen LogP contribution in [0.15, 0.2) is 64.6 Å². The molecule has 1 aromatic heterocycles. The van der Waals surface area contributed by atoms with E-state index in [9.17, 15) is 8.42 Å². The number of ether oxygens (including phenoxy) is 2. The molecule has 2 aromatic carbocycles. The van der Waals surface area contributed by atoms with Crippen LogP contribution in [-0.4, -0.2) is 77.2 Å². The van der Waals surface area contributed by atoms with Gasteiger partial charge in [0.2, 0.25) is 5.95 Å². The van der Waals surface area contributed by atoms with Gasteiger partial charge in [0.15, 0.2) is 5.82 Å². The average Bonchev–Trinajstić information content (AvgIpc) is 2.94. The van der Waals surface area contributed by atoms with Crippen LogP contribution in [-0.2, 0) is 19.6 Å². The molecule has 38 heavy (non-hydrogen) atoms. The third kappa shape index (κ3) is 6.57. The van der Waals surface area contributed by atoms with Crippen molar-refractivity contribution in [1.82, 2.24) is 9.97 Å². The number of aryl methyl sites for hydroxylation is 1. The van der Waals surface area contributed by atoms with Crippen molar-refractivity contribution in [2.75, 3.05) is 67.8 Å². The molecule has 11 nitrogen and oxygen atoms in total. The molecule has 2 aliphatic heterocycles. The highest BCUT2D eigenvalue weighted by Gasteiger charge is 2.20. The van der Waals surface area contributed by atoms with E-state index in [1.807, 2.05) is 13.0 Å². The summed E-state index contributed by atoms with van der Waals surface area (Å²) in [5.41, 5.74) is 4.62. The smallest absolute Gasteiger partial charge is 0.339 e. The molecule has 5 rings (SSSR count). The maximum Gasteiger partial charge on any atom is 0.339 e. The second kappa shape index (κ2) is 11.8. The first-order valence-corrected chi connectivity index (χ1v) is 13.8. The minimum absolute atomic E-state index is 0.0970. The van der Waals surface area contributed by atoms with Gasteiger partial charge in [-0.2, -0.15) is 23.5 Å². The van der Waals surface area contributed by atoms with E-state index in [0.717, 1.165) is 24.5 Å². The number of hydrogen-bond donors (Lipinski definition) is 1. The first-order valence-electron chi connectivity index (χ1n) is 12.4. The highest BCUT2D eigenvalue weighted by Crippen LogP contribution is 2.23. The van der Waals surface area contributed by atoms with Gasteiger partial charge in [0.05, 0.1) is 32.6 Å². The molecule has 0 saturated carbocycles. The minimum atomic E-state index is -3.95. The number of hydrazone groups is 1. The Morgan fingerprint density at radius 1 is 0.921 bits per heavy atom. The van der Waals surface area contributed by atoms with E-state index in [4.69, 9.17) is 18.6 Å². The van der Waals surface area contributed by atoms with Crippen LogP contribution in [0.25, 0.3) is 0 Å². The number of hydrogen-bond acceptors (Lipinski definition) is 11. The normalized spacial score (nSPS) is 16.6. The van der Waals surface area contributed by atoms with Crippen LogP contribution >= 0.6 is 0 Å². The molecule has 12 heteroatoms. The molecule has 0 amide bonds. The van der Waals surface area contributed by atoms with Gasteiger partial charge in [0, 0.05) is 32.2 Å². The lowest BCUT2D eigenvalue weighted by molar-refractivity contribution is 0.121. The zero-order valence-electron chi connectivity index (χ0n) is 21.1. The lowest BCUT2D eigenvalue weighted by Gasteiger charge is -2.31. The number of rotatable bonds is 8. The number of aromatic nitrogens is 2. The Morgan fingerprint density at radius 3 is 2.32 bits per heavy atom. The summed E-state index contributed by atoms with van der Waals surface area (Å²) in [4.78, 5) is 13.8. The fraction of sp³-hybridized carbons (Fsp3) is 0.346. The summed E-state index contributed by atoms with van der Waals surface area (Å²) in [5.74, 6) is 2.17. The Labute approximate surface area is 222 Å². The van der Waals surface area contributed by atoms with Crippen molar-refractivity contribution in [1.29, 1.82) is 0 Å². The van der Waals surface area contributed by atoms with E-state index >= 15 is 0 Å². The molecule has 2 saturated heterocycles. The van der Waals surface area contributed by atoms with E-state index in [0.29, 0.717) is 56.8 Å². The van der Waals surface area contributed by atoms with Crippen molar-refractivity contribution in [2.45, 2.75) is 11.8 Å². The van der Waals surface area contributed by atoms with E-state index in [1.54, 1.807) is 42.6 Å². The van der Waals surface area contributed by atoms with Crippen LogP contribution in [0.5, 0.6) is 5.75 Å². The van der Waals surface area contributed by atoms with Gasteiger partial charge in [-0.25, -0.2) is 0 Å². The summed E-state index contributed by atoms with van der Waals surface area (Å²) < 4.78 is 41.6. The summed E-state index contributed by atoms with van der Waals surface area (Å²) in [6.45, 7) is 7.38. The van der Waals surface area contributed by atoms with Crippen LogP contribution in [0.1, 0.15) is 11.1 Å². The molecule has 3 aromatic rings. The molecule has 0 aliphatic carbocycles. The number of morpholine rings is 2. The van der Waals surface area contributed by atoms with Crippen LogP contribution in [0, 0.1) is 6.92 Å². The van der Waals surface area contributed by atoms with Crippen LogP contribution in [0.4, 0.5) is 17.6 Å². The summed E-state index contributed by atoms with van der Waals surface area (Å²) in [7, 11) is -3.95. The third-order valence-corrected chi connectivity index (χ3v) is 7.36. The van der Waals surface area contributed by atoms with Gasteiger partial charge in [0.25, 0.3) is 0 Å². The summed E-state index contributed by atoms with van der Waals surface area (Å²) in [6, 6.07) is 15.1. The average molecular weight is 539 g/mol. The molecule has 2 aliphatic rings. The summed E-state index contributed by atoms with van der Waals surface area (Å²) in [5, 5.41) is 4.33. The molecule has 0 unspecified atom stereocenters. The van der Waals surface area contributed by atoms with Gasteiger partial charge >= 0.3 is 10.1 Å². The number of benzene rings is 2. The second-order valence-corrected chi connectivity index (χ2v) is 10.4. The predicted octanol–water partition coefficient (Wildman–Crippen LogP) is 2.67. The number of nitrogens with one attached hydrogen (secondary N) is 1. The molecule has 200 valence electrons. The molecule has 0 radical (unpaired) electrons. The van der Waals surface area contributed by atoms with Crippen molar-refractivity contribution >= 4 is 33.9 Å². The fourth-order valence-electron chi connectivity index (χ4n) is 4.04. The molecular formula is C26H30N6O5S. The van der Waals surface area contributed by atoms with E-state index in [-0.39, 0.29) is 10.6 Å². The first-order chi connectivity index (χ1) is 18.5. The zero-order valence-corrected chi connectivity index (χ0v) is 21.9. The highest BCUT2D eigenvalue weighted by atomic mass is 32.2. The Bertz CT molecular complexity index is 1330. The van der Waals surface area contributed by atoms with E-state index in [1.165, 1.54) is 12.1 Å². The summed E-state index contributed by atoms with van der Waals surface area (Å²) >= 11 is 0. The highest BCUT2D eigenvalue weighted by molar-refractivity contribution is 7.87. The molecule has 2 fully saturated rings. The third-order valence-electron chi connectivity index (χ3n) is 6.10. The molecule has 0 spiro atoms. The van der Waals surface area contributed by atoms with Crippen molar-refractivity contribution in [2.24, 2.45) is 5.10 Å². The van der Waals surface area contributed by atoms with Crippen LogP contribution in [0.2, 0.25) is 0 Å². The topological polar surface area (TPSA) is 118 Å². The summed E-state index contributed by atoms with van der Waals surface area (Å²) in [6.07, 6.45) is 1.58. The van der Waals surface area contributed by atoms with Crippen LogP contribution in [0.3, 0.4) is 0 Å². The molecule has 3 heterocycles. The number of anilines is 3. The standard InChI is InChI=1S/C26H30N6O5S/c1-20-5-7-23(8-6-20)38(33,34)37-22-4-2-3-21(17-22)19-27-30-24-18-25(31-9-13-35-14-10-31)29-26(28-24)32-11-15-36-16-12-32/h2-8,17-19H,9-16H2,1H3,(H,28,29,30)/b27-19-. The Balaban J connectivity index is 1.31. The molecule has 0 atom stereocenters. The van der Waals surface area contributed by atoms with Gasteiger partial charge < -0.3 is 23.5 Å². The zero-order chi connectivity index (χ0) is 26.4. The minimum Gasteiger partial charge on any atom is -0.379 e. The van der Waals surface area contributed by atoms with Crippen molar-refractivity contribution < 1.29 is 22.1 Å². The predicted molar refractivity (Wildman–Crippen MR) is 145 cm³/mol. The van der Waals surface area contributed by atoms with Crippen molar-refractivity contribution in [3.8, 4) is 5.75 Å². The molecular weight excluding hydrogens is 508 g/mol.